The van der Waals surface area contributed by atoms with E-state index in [4.69, 9.17) is 4.74 Å². The number of hydrogen-bond donors (Lipinski definition) is 3. The predicted octanol–water partition coefficient (Wildman–Crippen LogP) is 4.70. The molecule has 4 saturated carbocycles. The molecule has 0 heterocycles. The van der Waals surface area contributed by atoms with Crippen molar-refractivity contribution < 1.29 is 20.1 Å². The van der Waals surface area contributed by atoms with E-state index >= 15 is 0 Å². The Hall–Kier alpha value is -0.940. The zero-order valence-electron chi connectivity index (χ0n) is 19.7. The van der Waals surface area contributed by atoms with Crippen LogP contribution in [-0.2, 0) is 4.74 Å². The molecule has 5 atom stereocenters. The van der Waals surface area contributed by atoms with Crippen molar-refractivity contribution in [1.29, 1.82) is 0 Å². The van der Waals surface area contributed by atoms with Crippen LogP contribution in [0, 0.1) is 22.7 Å². The molecule has 0 aliphatic heterocycles. The minimum atomic E-state index is -0.767. The van der Waals surface area contributed by atoms with Gasteiger partial charge in [0.15, 0.2) is 0 Å². The number of fused-ring (bicyclic) bond motifs is 1. The Morgan fingerprint density at radius 2 is 1.90 bits per heavy atom. The van der Waals surface area contributed by atoms with Crippen LogP contribution in [0.15, 0.2) is 35.5 Å². The molecule has 0 spiro atoms. The average Bonchev–Trinajstić information content (AvgIpc) is 3.35. The van der Waals surface area contributed by atoms with Gasteiger partial charge in [0.25, 0.3) is 0 Å². The quantitative estimate of drug-likeness (QED) is 0.571. The minimum Gasteiger partial charge on any atom is -0.393 e. The summed E-state index contributed by atoms with van der Waals surface area (Å²) in [6, 6.07) is 0. The summed E-state index contributed by atoms with van der Waals surface area (Å²) in [5, 5.41) is 30.2. The molecular weight excluding hydrogens is 388 g/mol. The summed E-state index contributed by atoms with van der Waals surface area (Å²) in [7, 11) is 0. The van der Waals surface area contributed by atoms with Crippen LogP contribution in [0.4, 0.5) is 0 Å². The van der Waals surface area contributed by atoms with E-state index in [2.05, 4.69) is 25.7 Å². The van der Waals surface area contributed by atoms with Crippen LogP contribution in [0.5, 0.6) is 0 Å². The monoisotopic (exact) mass is 430 g/mol. The fourth-order valence-electron chi connectivity index (χ4n) is 6.97. The Morgan fingerprint density at radius 1 is 1.16 bits per heavy atom. The fourth-order valence-corrected chi connectivity index (χ4v) is 6.97. The lowest BCUT2D eigenvalue weighted by molar-refractivity contribution is -0.0517. The fraction of sp³-hybridized carbons (Fsp3) is 0.778. The minimum absolute atomic E-state index is 0.307. The molecule has 0 bridgehead atoms. The van der Waals surface area contributed by atoms with Crippen molar-refractivity contribution in [2.24, 2.45) is 22.7 Å². The molecule has 4 rings (SSSR count). The summed E-state index contributed by atoms with van der Waals surface area (Å²) < 4.78 is 6.02. The first kappa shape index (κ1) is 23.2. The van der Waals surface area contributed by atoms with Crippen LogP contribution >= 0.6 is 0 Å². The Labute approximate surface area is 188 Å². The molecule has 0 amide bonds. The first-order chi connectivity index (χ1) is 14.5. The molecule has 0 aromatic carbocycles. The standard InChI is InChI=1S/C27H42O4/c1-18-20(14-21(28)15-23(18)29)8-7-19-6-5-11-26(4)22(19)9-10-24(26)27(12-13-27)17-31-16-25(2,3)30/h7-8,21-24,28-30H,1,5-6,9-17H2,2-4H3/b19-7+,20-8-/t21-,22+,23+,24+,26+/m1/s1. The lowest BCUT2D eigenvalue weighted by Gasteiger charge is -2.45. The van der Waals surface area contributed by atoms with Gasteiger partial charge in [0.2, 0.25) is 0 Å². The van der Waals surface area contributed by atoms with Gasteiger partial charge in [-0.2, -0.15) is 0 Å². The summed E-state index contributed by atoms with van der Waals surface area (Å²) in [5.74, 6) is 1.30. The van der Waals surface area contributed by atoms with Gasteiger partial charge in [-0.15, -0.1) is 0 Å². The topological polar surface area (TPSA) is 69.9 Å². The molecule has 4 heteroatoms. The first-order valence-electron chi connectivity index (χ1n) is 12.3. The molecule has 4 fully saturated rings. The third-order valence-corrected chi connectivity index (χ3v) is 8.70. The Morgan fingerprint density at radius 3 is 2.58 bits per heavy atom. The number of aliphatic hydroxyl groups is 3. The molecule has 4 aliphatic rings. The number of rotatable bonds is 6. The van der Waals surface area contributed by atoms with Crippen molar-refractivity contribution in [1.82, 2.24) is 0 Å². The largest absolute Gasteiger partial charge is 0.393 e. The average molecular weight is 431 g/mol. The SMILES string of the molecule is C=C1/C(=C\C=C2/CCC[C@]3(C)[C@@H](C4(COCC(C)(C)O)CC4)CC[C@@H]23)C[C@@H](O)C[C@@H]1O. The second-order valence-electron chi connectivity index (χ2n) is 11.8. The van der Waals surface area contributed by atoms with E-state index in [1.165, 1.54) is 38.5 Å². The highest BCUT2D eigenvalue weighted by Crippen LogP contribution is 2.68. The maximum absolute atomic E-state index is 10.2. The zero-order chi connectivity index (χ0) is 22.4. The molecule has 4 aliphatic carbocycles. The van der Waals surface area contributed by atoms with E-state index in [-0.39, 0.29) is 0 Å². The lowest BCUT2D eigenvalue weighted by atomic mass is 9.60. The molecule has 3 N–H and O–H groups in total. The van der Waals surface area contributed by atoms with Crippen LogP contribution in [0.1, 0.15) is 78.6 Å². The maximum Gasteiger partial charge on any atom is 0.0824 e. The summed E-state index contributed by atoms with van der Waals surface area (Å²) in [6.07, 6.45) is 13.0. The van der Waals surface area contributed by atoms with Crippen molar-refractivity contribution in [3.05, 3.63) is 35.5 Å². The molecule has 31 heavy (non-hydrogen) atoms. The Bertz CT molecular complexity index is 754. The van der Waals surface area contributed by atoms with E-state index in [1.807, 2.05) is 13.8 Å². The van der Waals surface area contributed by atoms with E-state index in [1.54, 1.807) is 5.57 Å². The number of ether oxygens (including phenoxy) is 1. The van der Waals surface area contributed by atoms with Gasteiger partial charge in [0.1, 0.15) is 0 Å². The van der Waals surface area contributed by atoms with Gasteiger partial charge in [-0.1, -0.05) is 31.2 Å². The first-order valence-corrected chi connectivity index (χ1v) is 12.3. The predicted molar refractivity (Wildman–Crippen MR) is 124 cm³/mol. The van der Waals surface area contributed by atoms with Crippen LogP contribution in [0.25, 0.3) is 0 Å². The van der Waals surface area contributed by atoms with Crippen LogP contribution in [-0.4, -0.2) is 46.3 Å². The van der Waals surface area contributed by atoms with E-state index in [9.17, 15) is 15.3 Å². The summed E-state index contributed by atoms with van der Waals surface area (Å²) in [5.41, 5.74) is 3.17. The van der Waals surface area contributed by atoms with Crippen molar-refractivity contribution in [2.45, 2.75) is 96.4 Å². The van der Waals surface area contributed by atoms with Crippen molar-refractivity contribution in [3.63, 3.8) is 0 Å². The van der Waals surface area contributed by atoms with Gasteiger partial charge < -0.3 is 20.1 Å². The molecule has 0 saturated heterocycles. The van der Waals surface area contributed by atoms with E-state index < -0.39 is 17.8 Å². The van der Waals surface area contributed by atoms with Gasteiger partial charge in [-0.05, 0) is 99.0 Å². The summed E-state index contributed by atoms with van der Waals surface area (Å²) >= 11 is 0. The molecule has 174 valence electrons. The van der Waals surface area contributed by atoms with Gasteiger partial charge in [-0.25, -0.2) is 0 Å². The zero-order valence-corrected chi connectivity index (χ0v) is 19.7. The highest BCUT2D eigenvalue weighted by molar-refractivity contribution is 5.38. The van der Waals surface area contributed by atoms with Gasteiger partial charge in [0, 0.05) is 6.42 Å². The molecular formula is C27H42O4. The number of aliphatic hydroxyl groups excluding tert-OH is 2. The number of allylic oxidation sites excluding steroid dienone is 3. The Kier molecular flexibility index (Phi) is 6.33. The third-order valence-electron chi connectivity index (χ3n) is 8.70. The highest BCUT2D eigenvalue weighted by Gasteiger charge is 2.61. The van der Waals surface area contributed by atoms with Gasteiger partial charge in [0.05, 0.1) is 31.0 Å². The Balaban J connectivity index is 1.49. The second kappa shape index (κ2) is 8.44. The second-order valence-corrected chi connectivity index (χ2v) is 11.8. The van der Waals surface area contributed by atoms with Crippen LogP contribution in [0.3, 0.4) is 0 Å². The normalized spacial score (nSPS) is 40.4. The van der Waals surface area contributed by atoms with Crippen LogP contribution in [0.2, 0.25) is 0 Å². The molecule has 4 nitrogen and oxygen atoms in total. The van der Waals surface area contributed by atoms with Crippen molar-refractivity contribution >= 4 is 0 Å². The molecule has 0 aromatic heterocycles. The summed E-state index contributed by atoms with van der Waals surface area (Å²) in [6.45, 7) is 11.4. The highest BCUT2D eigenvalue weighted by atomic mass is 16.5. The van der Waals surface area contributed by atoms with Crippen molar-refractivity contribution in [3.8, 4) is 0 Å². The number of hydrogen-bond acceptors (Lipinski definition) is 4. The molecule has 0 aromatic rings. The van der Waals surface area contributed by atoms with Gasteiger partial charge >= 0.3 is 0 Å². The van der Waals surface area contributed by atoms with Gasteiger partial charge in [-0.3, -0.25) is 0 Å². The van der Waals surface area contributed by atoms with E-state index in [0.29, 0.717) is 42.1 Å². The summed E-state index contributed by atoms with van der Waals surface area (Å²) in [4.78, 5) is 0. The maximum atomic E-state index is 10.2. The third kappa shape index (κ3) is 4.73. The molecule has 0 unspecified atom stereocenters. The van der Waals surface area contributed by atoms with Crippen molar-refractivity contribution in [2.75, 3.05) is 13.2 Å². The smallest absolute Gasteiger partial charge is 0.0824 e. The van der Waals surface area contributed by atoms with Crippen LogP contribution < -0.4 is 0 Å². The molecule has 0 radical (unpaired) electrons. The lowest BCUT2D eigenvalue weighted by Crippen LogP contribution is -2.39. The van der Waals surface area contributed by atoms with E-state index in [0.717, 1.165) is 24.2 Å².